The van der Waals surface area contributed by atoms with E-state index < -0.39 is 17.5 Å². The zero-order valence-electron chi connectivity index (χ0n) is 10.6. The van der Waals surface area contributed by atoms with Crippen molar-refractivity contribution in [3.05, 3.63) is 52.3 Å². The molecule has 0 bridgehead atoms. The Hall–Kier alpha value is -2.24. The molecule has 0 aliphatic heterocycles. The lowest BCUT2D eigenvalue weighted by Gasteiger charge is -2.06. The van der Waals surface area contributed by atoms with Crippen molar-refractivity contribution in [2.24, 2.45) is 0 Å². The molecule has 1 amide bonds. The second-order valence-electron chi connectivity index (χ2n) is 4.22. The Labute approximate surface area is 108 Å². The van der Waals surface area contributed by atoms with Crippen LogP contribution in [0.2, 0.25) is 0 Å². The molecule has 2 rings (SSSR count). The number of hydrogen-bond donors (Lipinski definition) is 2. The van der Waals surface area contributed by atoms with Gasteiger partial charge in [-0.2, -0.15) is 5.10 Å². The molecule has 0 atom stereocenters. The first-order chi connectivity index (χ1) is 8.99. The summed E-state index contributed by atoms with van der Waals surface area (Å²) in [7, 11) is 0. The highest BCUT2D eigenvalue weighted by Gasteiger charge is 2.13. The topological polar surface area (TPSA) is 57.8 Å². The number of halogens is 2. The molecule has 0 saturated heterocycles. The predicted molar refractivity (Wildman–Crippen MR) is 65.6 cm³/mol. The van der Waals surface area contributed by atoms with Gasteiger partial charge < -0.3 is 5.32 Å². The zero-order valence-corrected chi connectivity index (χ0v) is 10.6. The van der Waals surface area contributed by atoms with Crippen molar-refractivity contribution in [3.63, 3.8) is 0 Å². The first-order valence-electron chi connectivity index (χ1n) is 5.72. The molecule has 0 saturated carbocycles. The van der Waals surface area contributed by atoms with Gasteiger partial charge in [-0.1, -0.05) is 0 Å². The second kappa shape index (κ2) is 5.17. The smallest absolute Gasteiger partial charge is 0.254 e. The maximum Gasteiger partial charge on any atom is 0.254 e. The third-order valence-electron chi connectivity index (χ3n) is 2.88. The van der Waals surface area contributed by atoms with Gasteiger partial charge in [0.25, 0.3) is 5.91 Å². The van der Waals surface area contributed by atoms with Crippen molar-refractivity contribution in [3.8, 4) is 0 Å². The van der Waals surface area contributed by atoms with E-state index in [9.17, 15) is 13.6 Å². The second-order valence-corrected chi connectivity index (χ2v) is 4.22. The third-order valence-corrected chi connectivity index (χ3v) is 2.88. The van der Waals surface area contributed by atoms with Gasteiger partial charge in [0, 0.05) is 23.9 Å². The van der Waals surface area contributed by atoms with E-state index in [1.807, 2.05) is 13.8 Å². The Morgan fingerprint density at radius 1 is 1.37 bits per heavy atom. The Morgan fingerprint density at radius 3 is 2.68 bits per heavy atom. The molecule has 0 fully saturated rings. The maximum absolute atomic E-state index is 13.4. The fraction of sp³-hybridized carbons (Fsp3) is 0.231. The van der Waals surface area contributed by atoms with Gasteiger partial charge in [-0.3, -0.25) is 9.89 Å². The molecule has 0 aliphatic carbocycles. The quantitative estimate of drug-likeness (QED) is 0.894. The highest BCUT2D eigenvalue weighted by Crippen LogP contribution is 2.11. The highest BCUT2D eigenvalue weighted by molar-refractivity contribution is 5.94. The maximum atomic E-state index is 13.4. The van der Waals surface area contributed by atoms with Crippen LogP contribution in [0.5, 0.6) is 0 Å². The van der Waals surface area contributed by atoms with Crippen LogP contribution in [0.3, 0.4) is 0 Å². The molecule has 0 aliphatic rings. The molecule has 1 aromatic carbocycles. The molecule has 0 unspecified atom stereocenters. The summed E-state index contributed by atoms with van der Waals surface area (Å²) in [6.07, 6.45) is 0. The molecule has 100 valence electrons. The van der Waals surface area contributed by atoms with Crippen LogP contribution in [0.15, 0.2) is 18.2 Å². The van der Waals surface area contributed by atoms with Crippen LogP contribution in [-0.4, -0.2) is 16.1 Å². The molecule has 4 nitrogen and oxygen atoms in total. The lowest BCUT2D eigenvalue weighted by atomic mass is 10.1. The molecule has 2 aromatic rings. The van der Waals surface area contributed by atoms with Crippen molar-refractivity contribution in [1.82, 2.24) is 15.5 Å². The minimum atomic E-state index is -0.877. The van der Waals surface area contributed by atoms with E-state index in [2.05, 4.69) is 15.5 Å². The summed E-state index contributed by atoms with van der Waals surface area (Å²) in [4.78, 5) is 11.8. The molecule has 1 aromatic heterocycles. The average molecular weight is 265 g/mol. The molecule has 2 N–H and O–H groups in total. The van der Waals surface area contributed by atoms with Crippen molar-refractivity contribution < 1.29 is 13.6 Å². The summed E-state index contributed by atoms with van der Waals surface area (Å²) in [5, 5.41) is 9.37. The largest absolute Gasteiger partial charge is 0.348 e. The van der Waals surface area contributed by atoms with Crippen molar-refractivity contribution >= 4 is 5.91 Å². The van der Waals surface area contributed by atoms with E-state index in [4.69, 9.17) is 0 Å². The molecular weight excluding hydrogens is 252 g/mol. The van der Waals surface area contributed by atoms with Crippen LogP contribution in [-0.2, 0) is 6.54 Å². The van der Waals surface area contributed by atoms with Crippen LogP contribution in [0, 0.1) is 25.5 Å². The van der Waals surface area contributed by atoms with Crippen molar-refractivity contribution in [1.29, 1.82) is 0 Å². The summed E-state index contributed by atoms with van der Waals surface area (Å²) >= 11 is 0. The number of aromatic nitrogens is 2. The lowest BCUT2D eigenvalue weighted by molar-refractivity contribution is 0.0946. The first-order valence-corrected chi connectivity index (χ1v) is 5.72. The van der Waals surface area contributed by atoms with E-state index in [1.54, 1.807) is 0 Å². The molecule has 6 heteroatoms. The molecule has 0 radical (unpaired) electrons. The standard InChI is InChI=1S/C13H13F2N3O/c1-7-11(8(2)18-17-7)6-16-13(19)10-4-3-9(14)5-12(10)15/h3-5H,6H2,1-2H3,(H,16,19)(H,17,18). The lowest BCUT2D eigenvalue weighted by Crippen LogP contribution is -2.24. The van der Waals surface area contributed by atoms with Crippen molar-refractivity contribution in [2.45, 2.75) is 20.4 Å². The van der Waals surface area contributed by atoms with E-state index in [1.165, 1.54) is 0 Å². The summed E-state index contributed by atoms with van der Waals surface area (Å²) in [6, 6.07) is 2.85. The molecule has 1 heterocycles. The number of nitrogens with one attached hydrogen (secondary N) is 2. The summed E-state index contributed by atoms with van der Waals surface area (Å²) < 4.78 is 26.1. The zero-order chi connectivity index (χ0) is 14.0. The van der Waals surface area contributed by atoms with Gasteiger partial charge in [0.15, 0.2) is 0 Å². The molecule has 0 spiro atoms. The van der Waals surface area contributed by atoms with Gasteiger partial charge in [-0.25, -0.2) is 8.78 Å². The summed E-state index contributed by atoms with van der Waals surface area (Å²) in [6.45, 7) is 3.88. The fourth-order valence-corrected chi connectivity index (χ4v) is 1.77. The average Bonchev–Trinajstić information content (AvgIpc) is 2.66. The predicted octanol–water partition coefficient (Wildman–Crippen LogP) is 2.23. The van der Waals surface area contributed by atoms with E-state index in [0.717, 1.165) is 29.1 Å². The number of aryl methyl sites for hydroxylation is 2. The molecule has 19 heavy (non-hydrogen) atoms. The number of hydrogen-bond acceptors (Lipinski definition) is 2. The van der Waals surface area contributed by atoms with Crippen LogP contribution >= 0.6 is 0 Å². The van der Waals surface area contributed by atoms with Gasteiger partial charge in [-0.15, -0.1) is 0 Å². The number of amides is 1. The monoisotopic (exact) mass is 265 g/mol. The van der Waals surface area contributed by atoms with Crippen LogP contribution in [0.1, 0.15) is 27.3 Å². The summed E-state index contributed by atoms with van der Waals surface area (Å²) in [5.41, 5.74) is 2.30. The minimum Gasteiger partial charge on any atom is -0.348 e. The Kier molecular flexibility index (Phi) is 3.59. The number of carbonyl (C=O) groups excluding carboxylic acids is 1. The van der Waals surface area contributed by atoms with Gasteiger partial charge in [0.1, 0.15) is 11.6 Å². The van der Waals surface area contributed by atoms with Gasteiger partial charge in [-0.05, 0) is 26.0 Å². The Bertz CT molecular complexity index is 603. The molecular formula is C13H13F2N3O. The fourth-order valence-electron chi connectivity index (χ4n) is 1.77. The normalized spacial score (nSPS) is 10.5. The van der Waals surface area contributed by atoms with Gasteiger partial charge >= 0.3 is 0 Å². The van der Waals surface area contributed by atoms with E-state index >= 15 is 0 Å². The van der Waals surface area contributed by atoms with Gasteiger partial charge in [0.05, 0.1) is 11.3 Å². The summed E-state index contributed by atoms with van der Waals surface area (Å²) in [5.74, 6) is -2.17. The SMILES string of the molecule is Cc1n[nH]c(C)c1CNC(=O)c1ccc(F)cc1F. The third kappa shape index (κ3) is 2.78. The van der Waals surface area contributed by atoms with E-state index in [-0.39, 0.29) is 12.1 Å². The number of benzene rings is 1. The highest BCUT2D eigenvalue weighted by atomic mass is 19.1. The number of aromatic amines is 1. The van der Waals surface area contributed by atoms with Crippen LogP contribution < -0.4 is 5.32 Å². The first kappa shape index (κ1) is 13.2. The Morgan fingerprint density at radius 2 is 2.11 bits per heavy atom. The number of nitrogens with zero attached hydrogens (tertiary/aromatic N) is 1. The van der Waals surface area contributed by atoms with Crippen LogP contribution in [0.4, 0.5) is 8.78 Å². The number of rotatable bonds is 3. The minimum absolute atomic E-state index is 0.180. The Balaban J connectivity index is 2.10. The van der Waals surface area contributed by atoms with Gasteiger partial charge in [0.2, 0.25) is 0 Å². The number of H-pyrrole nitrogens is 1. The van der Waals surface area contributed by atoms with Crippen molar-refractivity contribution in [2.75, 3.05) is 0 Å². The van der Waals surface area contributed by atoms with Crippen LogP contribution in [0.25, 0.3) is 0 Å². The van der Waals surface area contributed by atoms with E-state index in [0.29, 0.717) is 6.07 Å². The number of carbonyl (C=O) groups is 1.